The van der Waals surface area contributed by atoms with Crippen molar-refractivity contribution in [2.75, 3.05) is 18.4 Å². The number of hydrogen-bond donors (Lipinski definition) is 1. The van der Waals surface area contributed by atoms with E-state index in [4.69, 9.17) is 4.74 Å². The smallest absolute Gasteiger partial charge is 0.410 e. The van der Waals surface area contributed by atoms with Crippen molar-refractivity contribution < 1.29 is 9.53 Å². The lowest BCUT2D eigenvalue weighted by Crippen LogP contribution is -2.36. The van der Waals surface area contributed by atoms with Gasteiger partial charge in [0.25, 0.3) is 0 Å². The molecule has 1 fully saturated rings. The van der Waals surface area contributed by atoms with E-state index < -0.39 is 5.60 Å². The van der Waals surface area contributed by atoms with Crippen molar-refractivity contribution in [3.8, 4) is 0 Å². The number of pyridine rings is 1. The van der Waals surface area contributed by atoms with Crippen LogP contribution in [0.5, 0.6) is 0 Å². The van der Waals surface area contributed by atoms with Gasteiger partial charge in [-0.1, -0.05) is 0 Å². The van der Waals surface area contributed by atoms with Crippen LogP contribution in [0.25, 0.3) is 0 Å². The topological polar surface area (TPSA) is 54.5 Å². The molecule has 2 rings (SSSR count). The molecule has 0 spiro atoms. The van der Waals surface area contributed by atoms with Gasteiger partial charge in [-0.25, -0.2) is 4.79 Å². The first kappa shape index (κ1) is 15.6. The standard InChI is InChI=1S/C16H25N3O2/c1-11-6-7-14(12(2)17-11)18-13-8-9-19(10-13)15(20)21-16(3,4)5/h6-7,13,18H,8-10H2,1-5H3. The van der Waals surface area contributed by atoms with Crippen LogP contribution in [0.4, 0.5) is 10.5 Å². The van der Waals surface area contributed by atoms with Crippen molar-refractivity contribution in [3.05, 3.63) is 23.5 Å². The second-order valence-electron chi connectivity index (χ2n) is 6.64. The fourth-order valence-corrected chi connectivity index (χ4v) is 2.43. The molecule has 0 saturated carbocycles. The van der Waals surface area contributed by atoms with E-state index in [1.807, 2.05) is 46.8 Å². The zero-order valence-electron chi connectivity index (χ0n) is 13.6. The molecule has 5 heteroatoms. The Morgan fingerprint density at radius 2 is 2.10 bits per heavy atom. The van der Waals surface area contributed by atoms with Gasteiger partial charge in [0.2, 0.25) is 0 Å². The van der Waals surface area contributed by atoms with Crippen molar-refractivity contribution >= 4 is 11.8 Å². The minimum atomic E-state index is -0.444. The quantitative estimate of drug-likeness (QED) is 0.909. The van der Waals surface area contributed by atoms with E-state index in [2.05, 4.69) is 10.3 Å². The molecule has 1 aromatic rings. The van der Waals surface area contributed by atoms with Crippen LogP contribution in [-0.2, 0) is 4.74 Å². The number of anilines is 1. The van der Waals surface area contributed by atoms with Gasteiger partial charge in [-0.05, 0) is 53.2 Å². The molecule has 1 amide bonds. The maximum absolute atomic E-state index is 12.0. The molecule has 2 heterocycles. The molecule has 1 unspecified atom stereocenters. The van der Waals surface area contributed by atoms with E-state index in [-0.39, 0.29) is 12.1 Å². The first-order valence-electron chi connectivity index (χ1n) is 7.43. The highest BCUT2D eigenvalue weighted by Gasteiger charge is 2.29. The summed E-state index contributed by atoms with van der Waals surface area (Å²) in [6, 6.07) is 4.30. The van der Waals surface area contributed by atoms with Crippen molar-refractivity contribution in [1.82, 2.24) is 9.88 Å². The lowest BCUT2D eigenvalue weighted by molar-refractivity contribution is 0.0293. The first-order chi connectivity index (χ1) is 9.74. The summed E-state index contributed by atoms with van der Waals surface area (Å²) in [5.41, 5.74) is 2.60. The number of rotatable bonds is 2. The lowest BCUT2D eigenvalue weighted by atomic mass is 10.2. The molecule has 116 valence electrons. The van der Waals surface area contributed by atoms with E-state index in [0.29, 0.717) is 6.54 Å². The maximum atomic E-state index is 12.0. The molecule has 0 radical (unpaired) electrons. The second kappa shape index (κ2) is 5.92. The van der Waals surface area contributed by atoms with Crippen molar-refractivity contribution in [1.29, 1.82) is 0 Å². The van der Waals surface area contributed by atoms with Crippen molar-refractivity contribution in [2.24, 2.45) is 0 Å². The van der Waals surface area contributed by atoms with Crippen LogP contribution in [0.1, 0.15) is 38.6 Å². The number of aromatic nitrogens is 1. The van der Waals surface area contributed by atoms with Gasteiger partial charge < -0.3 is 15.0 Å². The van der Waals surface area contributed by atoms with Gasteiger partial charge >= 0.3 is 6.09 Å². The van der Waals surface area contributed by atoms with Gasteiger partial charge in [-0.2, -0.15) is 0 Å². The molecule has 1 N–H and O–H groups in total. The third-order valence-electron chi connectivity index (χ3n) is 3.42. The van der Waals surface area contributed by atoms with E-state index >= 15 is 0 Å². The summed E-state index contributed by atoms with van der Waals surface area (Å²) in [4.78, 5) is 18.2. The molecule has 1 aliphatic heterocycles. The molecular formula is C16H25N3O2. The summed E-state index contributed by atoms with van der Waals surface area (Å²) < 4.78 is 5.41. The predicted molar refractivity (Wildman–Crippen MR) is 83.5 cm³/mol. The van der Waals surface area contributed by atoms with Crippen molar-refractivity contribution in [2.45, 2.75) is 52.7 Å². The van der Waals surface area contributed by atoms with Crippen LogP contribution in [0.2, 0.25) is 0 Å². The number of hydrogen-bond acceptors (Lipinski definition) is 4. The Balaban J connectivity index is 1.92. The minimum absolute atomic E-state index is 0.231. The normalized spacial score (nSPS) is 18.7. The minimum Gasteiger partial charge on any atom is -0.444 e. The van der Waals surface area contributed by atoms with Crippen LogP contribution in [0.15, 0.2) is 12.1 Å². The summed E-state index contributed by atoms with van der Waals surface area (Å²) in [5, 5.41) is 3.47. The highest BCUT2D eigenvalue weighted by atomic mass is 16.6. The lowest BCUT2D eigenvalue weighted by Gasteiger charge is -2.24. The summed E-state index contributed by atoms with van der Waals surface area (Å²) in [6.45, 7) is 11.0. The summed E-state index contributed by atoms with van der Waals surface area (Å²) in [7, 11) is 0. The van der Waals surface area contributed by atoms with Gasteiger partial charge in [0.1, 0.15) is 5.60 Å². The van der Waals surface area contributed by atoms with Gasteiger partial charge in [0.15, 0.2) is 0 Å². The number of amides is 1. The fourth-order valence-electron chi connectivity index (χ4n) is 2.43. The molecule has 0 aromatic carbocycles. The highest BCUT2D eigenvalue weighted by molar-refractivity contribution is 5.68. The third-order valence-corrected chi connectivity index (χ3v) is 3.42. The molecular weight excluding hydrogens is 266 g/mol. The molecule has 1 atom stereocenters. The van der Waals surface area contributed by atoms with E-state index in [9.17, 15) is 4.79 Å². The van der Waals surface area contributed by atoms with Gasteiger partial charge in [-0.3, -0.25) is 4.98 Å². The number of aryl methyl sites for hydroxylation is 2. The number of likely N-dealkylation sites (tertiary alicyclic amines) is 1. The van der Waals surface area contributed by atoms with Gasteiger partial charge in [0, 0.05) is 24.8 Å². The zero-order valence-corrected chi connectivity index (χ0v) is 13.6. The zero-order chi connectivity index (χ0) is 15.6. The molecule has 1 saturated heterocycles. The molecule has 21 heavy (non-hydrogen) atoms. The number of nitrogens with zero attached hydrogens (tertiary/aromatic N) is 2. The van der Waals surface area contributed by atoms with E-state index in [1.54, 1.807) is 4.90 Å². The molecule has 0 bridgehead atoms. The average Bonchev–Trinajstić information content (AvgIpc) is 2.79. The number of carbonyl (C=O) groups is 1. The fraction of sp³-hybridized carbons (Fsp3) is 0.625. The maximum Gasteiger partial charge on any atom is 0.410 e. The van der Waals surface area contributed by atoms with Crippen LogP contribution in [-0.4, -0.2) is 40.7 Å². The average molecular weight is 291 g/mol. The first-order valence-corrected chi connectivity index (χ1v) is 7.43. The Labute approximate surface area is 126 Å². The largest absolute Gasteiger partial charge is 0.444 e. The van der Waals surface area contributed by atoms with Gasteiger partial charge in [-0.15, -0.1) is 0 Å². The van der Waals surface area contributed by atoms with Crippen LogP contribution in [0, 0.1) is 13.8 Å². The van der Waals surface area contributed by atoms with Crippen LogP contribution < -0.4 is 5.32 Å². The second-order valence-corrected chi connectivity index (χ2v) is 6.64. The third kappa shape index (κ3) is 4.34. The molecule has 0 aliphatic carbocycles. The Hall–Kier alpha value is -1.78. The summed E-state index contributed by atoms with van der Waals surface area (Å²) >= 11 is 0. The molecule has 1 aromatic heterocycles. The van der Waals surface area contributed by atoms with Crippen LogP contribution in [0.3, 0.4) is 0 Å². The van der Waals surface area contributed by atoms with E-state index in [0.717, 1.165) is 30.0 Å². The molecule has 5 nitrogen and oxygen atoms in total. The highest BCUT2D eigenvalue weighted by Crippen LogP contribution is 2.20. The van der Waals surface area contributed by atoms with Crippen LogP contribution >= 0.6 is 0 Å². The predicted octanol–water partition coefficient (Wildman–Crippen LogP) is 3.12. The van der Waals surface area contributed by atoms with E-state index in [1.165, 1.54) is 0 Å². The molecule has 1 aliphatic rings. The summed E-state index contributed by atoms with van der Waals surface area (Å²) in [5.74, 6) is 0. The Morgan fingerprint density at radius 1 is 1.38 bits per heavy atom. The number of nitrogens with one attached hydrogen (secondary N) is 1. The Kier molecular flexibility index (Phi) is 4.40. The Morgan fingerprint density at radius 3 is 2.71 bits per heavy atom. The number of ether oxygens (including phenoxy) is 1. The van der Waals surface area contributed by atoms with Crippen molar-refractivity contribution in [3.63, 3.8) is 0 Å². The Bertz CT molecular complexity index is 523. The summed E-state index contributed by atoms with van der Waals surface area (Å²) in [6.07, 6.45) is 0.692. The monoisotopic (exact) mass is 291 g/mol. The number of carbonyl (C=O) groups excluding carboxylic acids is 1. The SMILES string of the molecule is Cc1ccc(NC2CCN(C(=O)OC(C)(C)C)C2)c(C)n1. The van der Waals surface area contributed by atoms with Gasteiger partial charge in [0.05, 0.1) is 11.4 Å².